The number of hydrogen-bond acceptors (Lipinski definition) is 5. The van der Waals surface area contributed by atoms with Gasteiger partial charge in [0.25, 0.3) is 5.56 Å². The number of carbonyl (C=O) groups excluding carboxylic acids is 1. The standard InChI is InChI=1S/C23H25N3O3S/c1-3-10-17-15-20(27)26-23(24-17)30-21(16-11-6-5-7-12-16)22(28)25-18-13-8-9-14-19(18)29-4-2/h5-9,11-15,21H,3-4,10H2,1-2H3,(H,25,28)(H,24,26,27)/t21-/m1/s1. The van der Waals surface area contributed by atoms with Crippen LogP contribution in [0, 0.1) is 0 Å². The molecule has 3 aromatic rings. The first-order valence-electron chi connectivity index (χ1n) is 9.95. The number of nitrogens with zero attached hydrogens (tertiary/aromatic N) is 1. The van der Waals surface area contributed by atoms with Crippen molar-refractivity contribution in [1.29, 1.82) is 0 Å². The van der Waals surface area contributed by atoms with Gasteiger partial charge in [0.05, 0.1) is 12.3 Å². The van der Waals surface area contributed by atoms with Crippen molar-refractivity contribution in [2.45, 2.75) is 37.1 Å². The quantitative estimate of drug-likeness (QED) is 0.388. The highest BCUT2D eigenvalue weighted by atomic mass is 32.2. The second-order valence-corrected chi connectivity index (χ2v) is 7.71. The molecule has 2 aromatic carbocycles. The molecule has 1 aromatic heterocycles. The van der Waals surface area contributed by atoms with Crippen molar-refractivity contribution in [3.05, 3.63) is 82.3 Å². The SMILES string of the molecule is CCCc1cc(=O)[nH]c(S[C@@H](C(=O)Nc2ccccc2OCC)c2ccccc2)n1. The van der Waals surface area contributed by atoms with Gasteiger partial charge in [-0.05, 0) is 31.0 Å². The van der Waals surface area contributed by atoms with Gasteiger partial charge in [-0.1, -0.05) is 67.6 Å². The predicted octanol–water partition coefficient (Wildman–Crippen LogP) is 4.59. The minimum atomic E-state index is -0.596. The Labute approximate surface area is 180 Å². The van der Waals surface area contributed by atoms with Gasteiger partial charge in [0.2, 0.25) is 5.91 Å². The minimum Gasteiger partial charge on any atom is -0.492 e. The Kier molecular flexibility index (Phi) is 7.68. The summed E-state index contributed by atoms with van der Waals surface area (Å²) in [7, 11) is 0. The van der Waals surface area contributed by atoms with E-state index in [1.807, 2.05) is 62.4 Å². The van der Waals surface area contributed by atoms with E-state index in [1.165, 1.54) is 17.8 Å². The summed E-state index contributed by atoms with van der Waals surface area (Å²) in [5.74, 6) is 0.392. The molecule has 0 saturated heterocycles. The van der Waals surface area contributed by atoms with Gasteiger partial charge in [-0.25, -0.2) is 4.98 Å². The molecule has 0 fully saturated rings. The van der Waals surface area contributed by atoms with Gasteiger partial charge in [0, 0.05) is 11.8 Å². The normalized spacial score (nSPS) is 11.7. The van der Waals surface area contributed by atoms with Crippen LogP contribution in [0.2, 0.25) is 0 Å². The van der Waals surface area contributed by atoms with Gasteiger partial charge >= 0.3 is 0 Å². The lowest BCUT2D eigenvalue weighted by molar-refractivity contribution is -0.115. The zero-order valence-electron chi connectivity index (χ0n) is 17.1. The smallest absolute Gasteiger partial charge is 0.251 e. The Hall–Kier alpha value is -3.06. The molecular weight excluding hydrogens is 398 g/mol. The number of aromatic amines is 1. The van der Waals surface area contributed by atoms with E-state index in [0.717, 1.165) is 17.7 Å². The largest absolute Gasteiger partial charge is 0.492 e. The molecule has 0 bridgehead atoms. The monoisotopic (exact) mass is 423 g/mol. The summed E-state index contributed by atoms with van der Waals surface area (Å²) >= 11 is 1.22. The second-order valence-electron chi connectivity index (χ2n) is 6.62. The highest BCUT2D eigenvalue weighted by molar-refractivity contribution is 8.00. The van der Waals surface area contributed by atoms with Crippen LogP contribution in [0.3, 0.4) is 0 Å². The molecule has 0 aliphatic rings. The van der Waals surface area contributed by atoms with Crippen LogP contribution in [0.15, 0.2) is 70.6 Å². The van der Waals surface area contributed by atoms with Crippen LogP contribution < -0.4 is 15.6 Å². The molecular formula is C23H25N3O3S. The van der Waals surface area contributed by atoms with Crippen molar-refractivity contribution >= 4 is 23.4 Å². The Morgan fingerprint density at radius 2 is 1.87 bits per heavy atom. The van der Waals surface area contributed by atoms with E-state index in [1.54, 1.807) is 6.07 Å². The van der Waals surface area contributed by atoms with E-state index in [0.29, 0.717) is 29.6 Å². The fourth-order valence-electron chi connectivity index (χ4n) is 2.99. The van der Waals surface area contributed by atoms with Crippen LogP contribution in [0.4, 0.5) is 5.69 Å². The number of ether oxygens (including phenoxy) is 1. The molecule has 2 N–H and O–H groups in total. The van der Waals surface area contributed by atoms with Crippen LogP contribution in [0.25, 0.3) is 0 Å². The number of thioether (sulfide) groups is 1. The minimum absolute atomic E-state index is 0.218. The average molecular weight is 424 g/mol. The van der Waals surface area contributed by atoms with Gasteiger partial charge in [0.15, 0.2) is 5.16 Å². The van der Waals surface area contributed by atoms with Crippen LogP contribution in [0.5, 0.6) is 5.75 Å². The van der Waals surface area contributed by atoms with Crippen molar-refractivity contribution in [2.24, 2.45) is 0 Å². The maximum absolute atomic E-state index is 13.3. The molecule has 1 amide bonds. The first kappa shape index (κ1) is 21.6. The third-order valence-corrected chi connectivity index (χ3v) is 5.43. The van der Waals surface area contributed by atoms with Crippen molar-refractivity contribution in [1.82, 2.24) is 9.97 Å². The number of para-hydroxylation sites is 2. The van der Waals surface area contributed by atoms with Gasteiger partial charge < -0.3 is 15.0 Å². The first-order valence-corrected chi connectivity index (χ1v) is 10.8. The number of anilines is 1. The molecule has 0 aliphatic carbocycles. The zero-order valence-corrected chi connectivity index (χ0v) is 17.9. The van der Waals surface area contributed by atoms with Gasteiger partial charge in [-0.3, -0.25) is 9.59 Å². The number of rotatable bonds is 9. The van der Waals surface area contributed by atoms with Crippen molar-refractivity contribution < 1.29 is 9.53 Å². The third kappa shape index (κ3) is 5.73. The molecule has 1 atom stereocenters. The van der Waals surface area contributed by atoms with Gasteiger partial charge in [-0.2, -0.15) is 0 Å². The summed E-state index contributed by atoms with van der Waals surface area (Å²) in [6, 6.07) is 18.3. The zero-order chi connectivity index (χ0) is 21.3. The maximum atomic E-state index is 13.3. The highest BCUT2D eigenvalue weighted by Crippen LogP contribution is 2.35. The average Bonchev–Trinajstić information content (AvgIpc) is 2.74. The number of benzene rings is 2. The van der Waals surface area contributed by atoms with E-state index < -0.39 is 5.25 Å². The number of carbonyl (C=O) groups is 1. The molecule has 1 heterocycles. The number of amides is 1. The fourth-order valence-corrected chi connectivity index (χ4v) is 4.00. The van der Waals surface area contributed by atoms with Gasteiger partial charge in [0.1, 0.15) is 11.0 Å². The van der Waals surface area contributed by atoms with Crippen molar-refractivity contribution in [3.63, 3.8) is 0 Å². The molecule has 30 heavy (non-hydrogen) atoms. The van der Waals surface area contributed by atoms with E-state index in [9.17, 15) is 9.59 Å². The number of aromatic nitrogens is 2. The summed E-state index contributed by atoms with van der Waals surface area (Å²) in [5, 5.41) is 2.79. The Morgan fingerprint density at radius 3 is 2.60 bits per heavy atom. The summed E-state index contributed by atoms with van der Waals surface area (Å²) in [6.45, 7) is 4.43. The van der Waals surface area contributed by atoms with Crippen LogP contribution in [0.1, 0.15) is 36.8 Å². The van der Waals surface area contributed by atoms with E-state index in [4.69, 9.17) is 4.74 Å². The lowest BCUT2D eigenvalue weighted by Crippen LogP contribution is -2.20. The van der Waals surface area contributed by atoms with E-state index >= 15 is 0 Å². The summed E-state index contributed by atoms with van der Waals surface area (Å²) in [6.07, 6.45) is 1.60. The second kappa shape index (κ2) is 10.6. The number of H-pyrrole nitrogens is 1. The molecule has 0 radical (unpaired) electrons. The maximum Gasteiger partial charge on any atom is 0.251 e. The molecule has 3 rings (SSSR count). The summed E-state index contributed by atoms with van der Waals surface area (Å²) in [5.41, 5.74) is 1.92. The highest BCUT2D eigenvalue weighted by Gasteiger charge is 2.24. The first-order chi connectivity index (χ1) is 14.6. The van der Waals surface area contributed by atoms with Crippen molar-refractivity contribution in [3.8, 4) is 5.75 Å². The lowest BCUT2D eigenvalue weighted by atomic mass is 10.1. The molecule has 0 aliphatic heterocycles. The molecule has 156 valence electrons. The molecule has 0 unspecified atom stereocenters. The Morgan fingerprint density at radius 1 is 1.13 bits per heavy atom. The lowest BCUT2D eigenvalue weighted by Gasteiger charge is -2.18. The molecule has 6 nitrogen and oxygen atoms in total. The molecule has 0 saturated carbocycles. The van der Waals surface area contributed by atoms with E-state index in [2.05, 4.69) is 15.3 Å². The third-order valence-electron chi connectivity index (χ3n) is 4.29. The molecule has 0 spiro atoms. The number of nitrogens with one attached hydrogen (secondary N) is 2. The Balaban J connectivity index is 1.91. The predicted molar refractivity (Wildman–Crippen MR) is 120 cm³/mol. The topological polar surface area (TPSA) is 84.1 Å². The van der Waals surface area contributed by atoms with E-state index in [-0.39, 0.29) is 11.5 Å². The van der Waals surface area contributed by atoms with Crippen LogP contribution >= 0.6 is 11.8 Å². The fraction of sp³-hybridized carbons (Fsp3) is 0.261. The summed E-state index contributed by atoms with van der Waals surface area (Å²) in [4.78, 5) is 32.6. The number of hydrogen-bond donors (Lipinski definition) is 2. The van der Waals surface area contributed by atoms with Crippen LogP contribution in [-0.2, 0) is 11.2 Å². The van der Waals surface area contributed by atoms with Gasteiger partial charge in [-0.15, -0.1) is 0 Å². The summed E-state index contributed by atoms with van der Waals surface area (Å²) < 4.78 is 5.62. The number of aryl methyl sites for hydroxylation is 1. The van der Waals surface area contributed by atoms with Crippen LogP contribution in [-0.4, -0.2) is 22.5 Å². The van der Waals surface area contributed by atoms with Crippen molar-refractivity contribution in [2.75, 3.05) is 11.9 Å². The molecule has 7 heteroatoms. The Bertz CT molecular complexity index is 1040.